The van der Waals surface area contributed by atoms with Gasteiger partial charge in [0.2, 0.25) is 0 Å². The lowest BCUT2D eigenvalue weighted by molar-refractivity contribution is -0.140. The zero-order valence-corrected chi connectivity index (χ0v) is 12.0. The summed E-state index contributed by atoms with van der Waals surface area (Å²) < 4.78 is 5.66. The number of hydrogen-bond acceptors (Lipinski definition) is 2. The van der Waals surface area contributed by atoms with Crippen LogP contribution in [0.2, 0.25) is 0 Å². The molecule has 21 heavy (non-hydrogen) atoms. The molecule has 1 aliphatic carbocycles. The first-order valence-electron chi connectivity index (χ1n) is 7.23. The Morgan fingerprint density at radius 1 is 1.19 bits per heavy atom. The number of benzene rings is 2. The van der Waals surface area contributed by atoms with E-state index in [1.54, 1.807) is 0 Å². The van der Waals surface area contributed by atoms with Crippen LogP contribution in [-0.2, 0) is 10.2 Å². The van der Waals surface area contributed by atoms with Crippen LogP contribution >= 0.6 is 0 Å². The van der Waals surface area contributed by atoms with Gasteiger partial charge in [0.05, 0.1) is 12.0 Å². The van der Waals surface area contributed by atoms with Gasteiger partial charge in [-0.25, -0.2) is 0 Å². The number of rotatable bonds is 5. The van der Waals surface area contributed by atoms with Crippen LogP contribution in [0.3, 0.4) is 0 Å². The molecular formula is C18H18O3. The maximum Gasteiger partial charge on any atom is 0.314 e. The van der Waals surface area contributed by atoms with Gasteiger partial charge in [0.15, 0.2) is 0 Å². The summed E-state index contributed by atoms with van der Waals surface area (Å²) in [5, 5.41) is 9.43. The average Bonchev–Trinajstić information content (AvgIpc) is 3.30. The molecule has 1 N–H and O–H groups in total. The van der Waals surface area contributed by atoms with Gasteiger partial charge < -0.3 is 9.84 Å². The highest BCUT2D eigenvalue weighted by Gasteiger charge is 2.51. The molecule has 0 amide bonds. The van der Waals surface area contributed by atoms with E-state index in [9.17, 15) is 9.90 Å². The van der Waals surface area contributed by atoms with Crippen molar-refractivity contribution in [1.29, 1.82) is 0 Å². The second-order valence-corrected chi connectivity index (χ2v) is 5.40. The van der Waals surface area contributed by atoms with Crippen molar-refractivity contribution in [1.82, 2.24) is 0 Å². The summed E-state index contributed by atoms with van der Waals surface area (Å²) in [4.78, 5) is 11.5. The minimum absolute atomic E-state index is 0.607. The van der Waals surface area contributed by atoms with Crippen molar-refractivity contribution in [2.45, 2.75) is 25.2 Å². The first kappa shape index (κ1) is 13.7. The molecule has 1 saturated carbocycles. The summed E-state index contributed by atoms with van der Waals surface area (Å²) in [6, 6.07) is 15.7. The molecule has 0 atom stereocenters. The van der Waals surface area contributed by atoms with Gasteiger partial charge >= 0.3 is 5.97 Å². The average molecular weight is 282 g/mol. The molecule has 1 fully saturated rings. The van der Waals surface area contributed by atoms with Gasteiger partial charge in [-0.1, -0.05) is 36.4 Å². The molecule has 2 aromatic carbocycles. The fourth-order valence-electron chi connectivity index (χ4n) is 2.72. The molecule has 0 aromatic heterocycles. The molecule has 0 radical (unpaired) electrons. The third-order valence-electron chi connectivity index (χ3n) is 4.07. The number of hydrogen-bond donors (Lipinski definition) is 1. The van der Waals surface area contributed by atoms with Crippen LogP contribution in [0.1, 0.15) is 25.3 Å². The summed E-state index contributed by atoms with van der Waals surface area (Å²) >= 11 is 0. The largest absolute Gasteiger partial charge is 0.493 e. The third kappa shape index (κ3) is 2.40. The highest BCUT2D eigenvalue weighted by Crippen LogP contribution is 2.49. The van der Waals surface area contributed by atoms with Crippen molar-refractivity contribution in [2.24, 2.45) is 0 Å². The van der Waals surface area contributed by atoms with Crippen LogP contribution in [-0.4, -0.2) is 17.7 Å². The van der Waals surface area contributed by atoms with Gasteiger partial charge in [-0.3, -0.25) is 4.79 Å². The lowest BCUT2D eigenvalue weighted by atomic mass is 9.92. The van der Waals surface area contributed by atoms with E-state index in [2.05, 4.69) is 0 Å². The maximum atomic E-state index is 11.5. The number of aliphatic carboxylic acids is 1. The number of carboxylic acid groups (broad SMARTS) is 1. The quantitative estimate of drug-likeness (QED) is 0.905. The zero-order chi connectivity index (χ0) is 14.9. The summed E-state index contributed by atoms with van der Waals surface area (Å²) in [7, 11) is 0. The zero-order valence-electron chi connectivity index (χ0n) is 12.0. The Bertz CT molecular complexity index is 672. The van der Waals surface area contributed by atoms with Gasteiger partial charge in [-0.15, -0.1) is 0 Å². The summed E-state index contributed by atoms with van der Waals surface area (Å²) in [6.45, 7) is 2.56. The minimum atomic E-state index is -0.724. The van der Waals surface area contributed by atoms with Crippen LogP contribution in [0.5, 0.6) is 5.75 Å². The number of ether oxygens (including phenoxy) is 1. The maximum absolute atomic E-state index is 11.5. The summed E-state index contributed by atoms with van der Waals surface area (Å²) in [5.41, 5.74) is 2.22. The van der Waals surface area contributed by atoms with Crippen molar-refractivity contribution in [3.05, 3.63) is 54.1 Å². The molecule has 3 rings (SSSR count). The number of carboxylic acids is 1. The van der Waals surface area contributed by atoms with E-state index in [4.69, 9.17) is 4.74 Å². The summed E-state index contributed by atoms with van der Waals surface area (Å²) in [6.07, 6.45) is 1.44. The van der Waals surface area contributed by atoms with Crippen molar-refractivity contribution >= 4 is 5.97 Å². The topological polar surface area (TPSA) is 46.5 Å². The Kier molecular flexibility index (Phi) is 3.42. The Morgan fingerprint density at radius 3 is 2.62 bits per heavy atom. The van der Waals surface area contributed by atoms with Gasteiger partial charge in [-0.05, 0) is 43.0 Å². The second kappa shape index (κ2) is 5.24. The van der Waals surface area contributed by atoms with Crippen molar-refractivity contribution in [3.8, 4) is 16.9 Å². The second-order valence-electron chi connectivity index (χ2n) is 5.40. The monoisotopic (exact) mass is 282 g/mol. The van der Waals surface area contributed by atoms with Gasteiger partial charge in [0.25, 0.3) is 0 Å². The fourth-order valence-corrected chi connectivity index (χ4v) is 2.72. The van der Waals surface area contributed by atoms with Gasteiger partial charge in [0, 0.05) is 5.56 Å². The first-order valence-corrected chi connectivity index (χ1v) is 7.23. The van der Waals surface area contributed by atoms with E-state index in [0.717, 1.165) is 35.3 Å². The fraction of sp³-hybridized carbons (Fsp3) is 0.278. The third-order valence-corrected chi connectivity index (χ3v) is 4.07. The molecule has 0 aliphatic heterocycles. The van der Waals surface area contributed by atoms with E-state index >= 15 is 0 Å². The van der Waals surface area contributed by atoms with Crippen LogP contribution in [0, 0.1) is 0 Å². The van der Waals surface area contributed by atoms with E-state index in [0.29, 0.717) is 6.61 Å². The normalized spacial score (nSPS) is 15.5. The van der Waals surface area contributed by atoms with Crippen LogP contribution < -0.4 is 4.74 Å². The van der Waals surface area contributed by atoms with Crippen LogP contribution in [0.25, 0.3) is 11.1 Å². The van der Waals surface area contributed by atoms with Crippen molar-refractivity contribution in [2.75, 3.05) is 6.61 Å². The molecule has 0 heterocycles. The number of carbonyl (C=O) groups is 1. The molecule has 1 aliphatic rings. The Balaban J connectivity index is 2.03. The molecule has 2 aromatic rings. The molecule has 108 valence electrons. The minimum Gasteiger partial charge on any atom is -0.493 e. The van der Waals surface area contributed by atoms with Crippen molar-refractivity contribution < 1.29 is 14.6 Å². The standard InChI is InChI=1S/C18H18O3/c1-2-21-16-9-4-3-8-15(16)13-6-5-7-14(12-13)18(10-11-18)17(19)20/h3-9,12H,2,10-11H2,1H3,(H,19,20). The lowest BCUT2D eigenvalue weighted by Crippen LogP contribution is -2.19. The summed E-state index contributed by atoms with van der Waals surface area (Å²) in [5.74, 6) is 0.107. The highest BCUT2D eigenvalue weighted by atomic mass is 16.5. The molecule has 0 spiro atoms. The van der Waals surface area contributed by atoms with Gasteiger partial charge in [0.1, 0.15) is 5.75 Å². The Hall–Kier alpha value is -2.29. The van der Waals surface area contributed by atoms with E-state index in [1.807, 2.05) is 55.5 Å². The van der Waals surface area contributed by atoms with Crippen molar-refractivity contribution in [3.63, 3.8) is 0 Å². The van der Waals surface area contributed by atoms with Gasteiger partial charge in [-0.2, -0.15) is 0 Å². The van der Waals surface area contributed by atoms with E-state index in [-0.39, 0.29) is 0 Å². The predicted octanol–water partition coefficient (Wildman–Crippen LogP) is 3.87. The molecule has 0 bridgehead atoms. The Labute approximate surface area is 124 Å². The van der Waals surface area contributed by atoms with Crippen LogP contribution in [0.4, 0.5) is 0 Å². The molecule has 0 unspecified atom stereocenters. The number of para-hydroxylation sites is 1. The predicted molar refractivity (Wildman–Crippen MR) is 81.6 cm³/mol. The smallest absolute Gasteiger partial charge is 0.314 e. The molecule has 3 heteroatoms. The molecule has 3 nitrogen and oxygen atoms in total. The highest BCUT2D eigenvalue weighted by molar-refractivity contribution is 5.85. The molecular weight excluding hydrogens is 264 g/mol. The van der Waals surface area contributed by atoms with Crippen LogP contribution in [0.15, 0.2) is 48.5 Å². The molecule has 0 saturated heterocycles. The van der Waals surface area contributed by atoms with E-state index < -0.39 is 11.4 Å². The SMILES string of the molecule is CCOc1ccccc1-c1cccc(C2(C(=O)O)CC2)c1. The lowest BCUT2D eigenvalue weighted by Gasteiger charge is -2.14. The van der Waals surface area contributed by atoms with E-state index in [1.165, 1.54) is 0 Å². The first-order chi connectivity index (χ1) is 10.2. The Morgan fingerprint density at radius 2 is 1.95 bits per heavy atom.